The molecule has 0 atom stereocenters. The molecule has 11 heavy (non-hydrogen) atoms. The molecule has 1 aromatic carbocycles. The number of hydrogen-bond donors (Lipinski definition) is 0. The Morgan fingerprint density at radius 2 is 1.64 bits per heavy atom. The van der Waals surface area contributed by atoms with Crippen molar-refractivity contribution in [3.05, 3.63) is 27.1 Å². The minimum Gasteiger partial charge on any atom is -0.376 e. The van der Waals surface area contributed by atoms with Crippen LogP contribution in [0.25, 0.3) is 0 Å². The van der Waals surface area contributed by atoms with Gasteiger partial charge in [-0.05, 0) is 50.1 Å². The van der Waals surface area contributed by atoms with Crippen LogP contribution in [0.2, 0.25) is 0 Å². The summed E-state index contributed by atoms with van der Waals surface area (Å²) in [7, 11) is 4.01. The molecule has 0 aromatic heterocycles. The Hall–Kier alpha value is -0.0200. The van der Waals surface area contributed by atoms with Crippen LogP contribution in [0, 0.1) is 6.07 Å². The molecule has 0 aliphatic heterocycles. The minimum absolute atomic E-state index is 1.05. The smallest absolute Gasteiger partial charge is 0.0650 e. The molecule has 0 aliphatic carbocycles. The van der Waals surface area contributed by atoms with E-state index in [4.69, 9.17) is 0 Å². The predicted octanol–water partition coefficient (Wildman–Crippen LogP) is 3.08. The second-order valence-electron chi connectivity index (χ2n) is 2.39. The van der Waals surface area contributed by atoms with Gasteiger partial charge in [0.25, 0.3) is 0 Å². The van der Waals surface area contributed by atoms with E-state index in [1.54, 1.807) is 0 Å². The van der Waals surface area contributed by atoms with Gasteiger partial charge < -0.3 is 4.90 Å². The molecule has 3 heteroatoms. The van der Waals surface area contributed by atoms with Crippen molar-refractivity contribution in [1.82, 2.24) is 0 Å². The first kappa shape index (κ1) is 9.07. The SMILES string of the molecule is CN(C)c1c(Br)c[c]cc1Br. The molecule has 0 saturated carbocycles. The van der Waals surface area contributed by atoms with Crippen molar-refractivity contribution < 1.29 is 0 Å². The molecule has 1 aromatic rings. The van der Waals surface area contributed by atoms with E-state index >= 15 is 0 Å². The molecule has 1 rings (SSSR count). The maximum Gasteiger partial charge on any atom is 0.0650 e. The van der Waals surface area contributed by atoms with E-state index in [1.807, 2.05) is 31.1 Å². The first-order chi connectivity index (χ1) is 5.13. The van der Waals surface area contributed by atoms with Gasteiger partial charge in [-0.1, -0.05) is 0 Å². The van der Waals surface area contributed by atoms with Crippen molar-refractivity contribution in [3.63, 3.8) is 0 Å². The summed E-state index contributed by atoms with van der Waals surface area (Å²) >= 11 is 6.89. The molecule has 0 spiro atoms. The molecule has 0 aliphatic rings. The van der Waals surface area contributed by atoms with Crippen LogP contribution in [-0.2, 0) is 0 Å². The van der Waals surface area contributed by atoms with Crippen LogP contribution in [0.4, 0.5) is 5.69 Å². The first-order valence-corrected chi connectivity index (χ1v) is 4.74. The Bertz CT molecular complexity index is 238. The van der Waals surface area contributed by atoms with Gasteiger partial charge in [0.15, 0.2) is 0 Å². The van der Waals surface area contributed by atoms with E-state index in [0.29, 0.717) is 0 Å². The fourth-order valence-corrected chi connectivity index (χ4v) is 2.53. The normalized spacial score (nSPS) is 9.82. The summed E-state index contributed by atoms with van der Waals surface area (Å²) in [5.41, 5.74) is 1.14. The Morgan fingerprint density at radius 1 is 1.18 bits per heavy atom. The Morgan fingerprint density at radius 3 is 1.91 bits per heavy atom. The number of halogens is 2. The molecule has 0 bridgehead atoms. The summed E-state index contributed by atoms with van der Waals surface area (Å²) < 4.78 is 2.11. The van der Waals surface area contributed by atoms with Crippen LogP contribution in [0.3, 0.4) is 0 Å². The highest BCUT2D eigenvalue weighted by atomic mass is 79.9. The predicted molar refractivity (Wildman–Crippen MR) is 55.0 cm³/mol. The maximum atomic E-state index is 3.44. The standard InChI is InChI=1S/C8H8Br2N/c1-11(2)8-6(9)4-3-5-7(8)10/h4-5H,1-2H3. The highest BCUT2D eigenvalue weighted by Crippen LogP contribution is 2.31. The van der Waals surface area contributed by atoms with Gasteiger partial charge in [0.05, 0.1) is 5.69 Å². The Balaban J connectivity index is 3.21. The van der Waals surface area contributed by atoms with Crippen molar-refractivity contribution >= 4 is 37.5 Å². The highest BCUT2D eigenvalue weighted by Gasteiger charge is 2.04. The van der Waals surface area contributed by atoms with E-state index in [-0.39, 0.29) is 0 Å². The molecule has 0 heterocycles. The second-order valence-corrected chi connectivity index (χ2v) is 4.10. The number of hydrogen-bond acceptors (Lipinski definition) is 1. The van der Waals surface area contributed by atoms with Crippen molar-refractivity contribution in [3.8, 4) is 0 Å². The average molecular weight is 278 g/mol. The molecule has 1 radical (unpaired) electrons. The van der Waals surface area contributed by atoms with Crippen LogP contribution in [-0.4, -0.2) is 14.1 Å². The molecule has 1 nitrogen and oxygen atoms in total. The topological polar surface area (TPSA) is 3.24 Å². The largest absolute Gasteiger partial charge is 0.376 e. The third kappa shape index (κ3) is 1.97. The monoisotopic (exact) mass is 276 g/mol. The average Bonchev–Trinajstić information content (AvgIpc) is 1.85. The zero-order valence-electron chi connectivity index (χ0n) is 6.36. The highest BCUT2D eigenvalue weighted by molar-refractivity contribution is 9.11. The lowest BCUT2D eigenvalue weighted by Crippen LogP contribution is -2.09. The van der Waals surface area contributed by atoms with Gasteiger partial charge in [-0.3, -0.25) is 0 Å². The lowest BCUT2D eigenvalue weighted by molar-refractivity contribution is 1.12. The van der Waals surface area contributed by atoms with E-state index in [2.05, 4.69) is 37.9 Å². The van der Waals surface area contributed by atoms with Gasteiger partial charge in [0, 0.05) is 23.0 Å². The van der Waals surface area contributed by atoms with Crippen LogP contribution in [0.1, 0.15) is 0 Å². The molecule has 59 valence electrons. The lowest BCUT2D eigenvalue weighted by atomic mass is 10.3. The summed E-state index contributed by atoms with van der Waals surface area (Å²) in [6, 6.07) is 6.81. The van der Waals surface area contributed by atoms with Gasteiger partial charge in [-0.2, -0.15) is 0 Å². The molecule has 0 amide bonds. The van der Waals surface area contributed by atoms with Crippen molar-refractivity contribution in [2.24, 2.45) is 0 Å². The van der Waals surface area contributed by atoms with Gasteiger partial charge in [-0.25, -0.2) is 0 Å². The van der Waals surface area contributed by atoms with Crippen LogP contribution >= 0.6 is 31.9 Å². The maximum absolute atomic E-state index is 3.44. The fraction of sp³-hybridized carbons (Fsp3) is 0.250. The number of nitrogens with zero attached hydrogens (tertiary/aromatic N) is 1. The second kappa shape index (κ2) is 3.59. The first-order valence-electron chi connectivity index (χ1n) is 3.15. The van der Waals surface area contributed by atoms with E-state index in [0.717, 1.165) is 14.6 Å². The number of anilines is 1. The van der Waals surface area contributed by atoms with E-state index < -0.39 is 0 Å². The van der Waals surface area contributed by atoms with E-state index in [9.17, 15) is 0 Å². The fourth-order valence-electron chi connectivity index (χ4n) is 0.866. The molecule has 0 fully saturated rings. The molecular weight excluding hydrogens is 270 g/mol. The number of rotatable bonds is 1. The molecule has 0 unspecified atom stereocenters. The molecular formula is C8H8Br2N. The third-order valence-corrected chi connectivity index (χ3v) is 2.53. The van der Waals surface area contributed by atoms with E-state index in [1.165, 1.54) is 0 Å². The summed E-state index contributed by atoms with van der Waals surface area (Å²) in [6.07, 6.45) is 0. The Kier molecular flexibility index (Phi) is 2.96. The Labute approximate surface area is 83.7 Å². The van der Waals surface area contributed by atoms with Crippen LogP contribution in [0.5, 0.6) is 0 Å². The summed E-state index contributed by atoms with van der Waals surface area (Å²) in [4.78, 5) is 2.04. The zero-order chi connectivity index (χ0) is 8.43. The summed E-state index contributed by atoms with van der Waals surface area (Å²) in [5.74, 6) is 0. The summed E-state index contributed by atoms with van der Waals surface area (Å²) in [5, 5.41) is 0. The number of benzene rings is 1. The van der Waals surface area contributed by atoms with Crippen molar-refractivity contribution in [2.45, 2.75) is 0 Å². The van der Waals surface area contributed by atoms with Gasteiger partial charge in [-0.15, -0.1) is 0 Å². The molecule has 0 N–H and O–H groups in total. The van der Waals surface area contributed by atoms with Crippen molar-refractivity contribution in [1.29, 1.82) is 0 Å². The minimum atomic E-state index is 1.05. The van der Waals surface area contributed by atoms with Gasteiger partial charge >= 0.3 is 0 Å². The lowest BCUT2D eigenvalue weighted by Gasteiger charge is -2.15. The third-order valence-electron chi connectivity index (χ3n) is 1.32. The molecule has 0 saturated heterocycles. The zero-order valence-corrected chi connectivity index (χ0v) is 9.53. The quantitative estimate of drug-likeness (QED) is 0.763. The van der Waals surface area contributed by atoms with Crippen LogP contribution < -0.4 is 4.90 Å². The van der Waals surface area contributed by atoms with Crippen LogP contribution in [0.15, 0.2) is 21.1 Å². The van der Waals surface area contributed by atoms with Gasteiger partial charge in [0.1, 0.15) is 0 Å². The summed E-state index contributed by atoms with van der Waals surface area (Å²) in [6.45, 7) is 0. The van der Waals surface area contributed by atoms with Crippen molar-refractivity contribution in [2.75, 3.05) is 19.0 Å². The van der Waals surface area contributed by atoms with Gasteiger partial charge in [0.2, 0.25) is 0 Å².